The van der Waals surface area contributed by atoms with Crippen LogP contribution >= 0.6 is 11.3 Å². The average Bonchev–Trinajstić information content (AvgIpc) is 2.89. The molecule has 2 N–H and O–H groups in total. The zero-order valence-electron chi connectivity index (χ0n) is 13.1. The van der Waals surface area contributed by atoms with E-state index in [1.807, 2.05) is 11.3 Å². The van der Waals surface area contributed by atoms with E-state index in [1.54, 1.807) is 0 Å². The van der Waals surface area contributed by atoms with Crippen LogP contribution in [0.4, 0.5) is 0 Å². The fourth-order valence-electron chi connectivity index (χ4n) is 3.57. The van der Waals surface area contributed by atoms with Crippen molar-refractivity contribution in [3.8, 4) is 0 Å². The van der Waals surface area contributed by atoms with Gasteiger partial charge in [-0.15, -0.1) is 11.3 Å². The number of rotatable bonds is 5. The van der Waals surface area contributed by atoms with Crippen LogP contribution in [0.15, 0.2) is 17.5 Å². The monoisotopic (exact) mass is 296 g/mol. The van der Waals surface area contributed by atoms with Crippen molar-refractivity contribution < 1.29 is 4.74 Å². The number of nitrogens with zero attached hydrogens (tertiary/aromatic N) is 1. The van der Waals surface area contributed by atoms with Crippen molar-refractivity contribution in [3.63, 3.8) is 0 Å². The zero-order valence-corrected chi connectivity index (χ0v) is 14.0. The summed E-state index contributed by atoms with van der Waals surface area (Å²) >= 11 is 1.84. The number of thiophene rings is 1. The minimum atomic E-state index is 0.0771. The molecule has 1 aliphatic heterocycles. The topological polar surface area (TPSA) is 38.5 Å². The second kappa shape index (κ2) is 6.56. The van der Waals surface area contributed by atoms with Crippen molar-refractivity contribution in [3.05, 3.63) is 22.4 Å². The molecule has 3 unspecified atom stereocenters. The Morgan fingerprint density at radius 2 is 2.10 bits per heavy atom. The molecular weight excluding hydrogens is 268 g/mol. The van der Waals surface area contributed by atoms with E-state index >= 15 is 0 Å². The van der Waals surface area contributed by atoms with Crippen molar-refractivity contribution in [2.45, 2.75) is 63.8 Å². The first-order valence-electron chi connectivity index (χ1n) is 7.57. The standard InChI is InChI=1S/C16H28N2OS/c1-12(8-15-6-5-7-20-15)18(4)16(11-17)9-13(2)19-14(3)10-16/h5-7,12-14H,8-11,17H2,1-4H3. The predicted molar refractivity (Wildman–Crippen MR) is 86.3 cm³/mol. The molecule has 0 saturated carbocycles. The third-order valence-electron chi connectivity index (χ3n) is 4.67. The summed E-state index contributed by atoms with van der Waals surface area (Å²) < 4.78 is 5.90. The number of nitrogens with two attached hydrogens (primary N) is 1. The lowest BCUT2D eigenvalue weighted by atomic mass is 9.81. The normalized spacial score (nSPS) is 32.5. The van der Waals surface area contributed by atoms with Crippen LogP contribution < -0.4 is 5.73 Å². The summed E-state index contributed by atoms with van der Waals surface area (Å²) in [5.74, 6) is 0. The van der Waals surface area contributed by atoms with Gasteiger partial charge in [0, 0.05) is 23.0 Å². The predicted octanol–water partition coefficient (Wildman–Crippen LogP) is 2.90. The molecule has 1 aromatic rings. The Bertz CT molecular complexity index is 397. The molecule has 3 nitrogen and oxygen atoms in total. The average molecular weight is 296 g/mol. The molecule has 2 rings (SSSR count). The van der Waals surface area contributed by atoms with E-state index in [4.69, 9.17) is 10.5 Å². The Morgan fingerprint density at radius 3 is 2.60 bits per heavy atom. The minimum absolute atomic E-state index is 0.0771. The van der Waals surface area contributed by atoms with Crippen LogP contribution in [-0.2, 0) is 11.2 Å². The molecule has 4 heteroatoms. The van der Waals surface area contributed by atoms with E-state index in [-0.39, 0.29) is 5.54 Å². The van der Waals surface area contributed by atoms with Gasteiger partial charge in [-0.25, -0.2) is 0 Å². The van der Waals surface area contributed by atoms with Gasteiger partial charge >= 0.3 is 0 Å². The number of likely N-dealkylation sites (N-methyl/N-ethyl adjacent to an activating group) is 1. The highest BCUT2D eigenvalue weighted by molar-refractivity contribution is 7.09. The maximum atomic E-state index is 6.18. The molecule has 114 valence electrons. The minimum Gasteiger partial charge on any atom is -0.375 e. The van der Waals surface area contributed by atoms with Gasteiger partial charge in [-0.3, -0.25) is 4.90 Å². The van der Waals surface area contributed by atoms with Gasteiger partial charge < -0.3 is 10.5 Å². The van der Waals surface area contributed by atoms with Crippen LogP contribution in [0.2, 0.25) is 0 Å². The van der Waals surface area contributed by atoms with Gasteiger partial charge in [-0.05, 0) is 58.5 Å². The molecule has 1 saturated heterocycles. The highest BCUT2D eigenvalue weighted by atomic mass is 32.1. The Kier molecular flexibility index (Phi) is 5.24. The summed E-state index contributed by atoms with van der Waals surface area (Å²) in [5, 5.41) is 2.15. The highest BCUT2D eigenvalue weighted by Crippen LogP contribution is 2.34. The van der Waals surface area contributed by atoms with Crippen molar-refractivity contribution in [1.82, 2.24) is 4.90 Å². The van der Waals surface area contributed by atoms with Gasteiger partial charge in [-0.2, -0.15) is 0 Å². The third kappa shape index (κ3) is 3.42. The number of ether oxygens (including phenoxy) is 1. The maximum Gasteiger partial charge on any atom is 0.0568 e. The third-order valence-corrected chi connectivity index (χ3v) is 5.56. The van der Waals surface area contributed by atoms with Crippen molar-refractivity contribution in [1.29, 1.82) is 0 Å². The first kappa shape index (κ1) is 16.0. The molecule has 0 bridgehead atoms. The lowest BCUT2D eigenvalue weighted by molar-refractivity contribution is -0.105. The van der Waals surface area contributed by atoms with Gasteiger partial charge in [-0.1, -0.05) is 6.07 Å². The van der Waals surface area contributed by atoms with Crippen LogP contribution in [0, 0.1) is 0 Å². The van der Waals surface area contributed by atoms with Crippen LogP contribution in [0.5, 0.6) is 0 Å². The van der Waals surface area contributed by atoms with Gasteiger partial charge in [0.2, 0.25) is 0 Å². The Labute approximate surface area is 127 Å². The van der Waals surface area contributed by atoms with Crippen LogP contribution in [0.25, 0.3) is 0 Å². The van der Waals surface area contributed by atoms with E-state index in [2.05, 4.69) is 50.2 Å². The lowest BCUT2D eigenvalue weighted by Gasteiger charge is -2.50. The zero-order chi connectivity index (χ0) is 14.8. The molecule has 2 heterocycles. The second-order valence-electron chi connectivity index (χ2n) is 6.34. The van der Waals surface area contributed by atoms with Crippen molar-refractivity contribution in [2.24, 2.45) is 5.73 Å². The van der Waals surface area contributed by atoms with Crippen LogP contribution in [0.3, 0.4) is 0 Å². The fourth-order valence-corrected chi connectivity index (χ4v) is 4.40. The first-order valence-corrected chi connectivity index (χ1v) is 8.45. The first-order chi connectivity index (χ1) is 9.47. The molecule has 1 fully saturated rings. The summed E-state index contributed by atoms with van der Waals surface area (Å²) in [6.07, 6.45) is 3.73. The molecule has 20 heavy (non-hydrogen) atoms. The van der Waals surface area contributed by atoms with E-state index in [0.717, 1.165) is 19.3 Å². The molecule has 0 amide bonds. The summed E-state index contributed by atoms with van der Waals surface area (Å²) in [4.78, 5) is 3.95. The summed E-state index contributed by atoms with van der Waals surface area (Å²) in [6, 6.07) is 4.85. The number of hydrogen-bond donors (Lipinski definition) is 1. The lowest BCUT2D eigenvalue weighted by Crippen LogP contribution is -2.60. The fraction of sp³-hybridized carbons (Fsp3) is 0.750. The van der Waals surface area contributed by atoms with Crippen molar-refractivity contribution in [2.75, 3.05) is 13.6 Å². The molecule has 0 radical (unpaired) electrons. The summed E-state index contributed by atoms with van der Waals surface area (Å²) in [6.45, 7) is 7.34. The Morgan fingerprint density at radius 1 is 1.45 bits per heavy atom. The Hall–Kier alpha value is -0.420. The molecular formula is C16H28N2OS. The van der Waals surface area contributed by atoms with Gasteiger partial charge in [0.1, 0.15) is 0 Å². The maximum absolute atomic E-state index is 6.18. The highest BCUT2D eigenvalue weighted by Gasteiger charge is 2.42. The van der Waals surface area contributed by atoms with Crippen molar-refractivity contribution >= 4 is 11.3 Å². The largest absolute Gasteiger partial charge is 0.375 e. The van der Waals surface area contributed by atoms with Crippen LogP contribution in [0.1, 0.15) is 38.5 Å². The summed E-state index contributed by atoms with van der Waals surface area (Å²) in [5.41, 5.74) is 6.26. The van der Waals surface area contributed by atoms with E-state index in [9.17, 15) is 0 Å². The Balaban J connectivity index is 2.09. The van der Waals surface area contributed by atoms with Gasteiger partial charge in [0.15, 0.2) is 0 Å². The molecule has 1 aromatic heterocycles. The van der Waals surface area contributed by atoms with E-state index in [1.165, 1.54) is 4.88 Å². The molecule has 0 aliphatic carbocycles. The van der Waals surface area contributed by atoms with Gasteiger partial charge in [0.05, 0.1) is 12.2 Å². The number of hydrogen-bond acceptors (Lipinski definition) is 4. The SMILES string of the molecule is CC1CC(CN)(N(C)C(C)Cc2cccs2)CC(C)O1. The molecule has 0 aromatic carbocycles. The van der Waals surface area contributed by atoms with Gasteiger partial charge in [0.25, 0.3) is 0 Å². The summed E-state index contributed by atoms with van der Waals surface area (Å²) in [7, 11) is 2.23. The smallest absolute Gasteiger partial charge is 0.0568 e. The van der Waals surface area contributed by atoms with E-state index in [0.29, 0.717) is 24.8 Å². The molecule has 3 atom stereocenters. The van der Waals surface area contributed by atoms with Crippen LogP contribution in [-0.4, -0.2) is 42.3 Å². The molecule has 1 aliphatic rings. The quantitative estimate of drug-likeness (QED) is 0.908. The second-order valence-corrected chi connectivity index (χ2v) is 7.37. The molecule has 0 spiro atoms. The van der Waals surface area contributed by atoms with E-state index < -0.39 is 0 Å².